The molecule has 0 aliphatic carbocycles. The Morgan fingerprint density at radius 1 is 1.16 bits per heavy atom. The van der Waals surface area contributed by atoms with E-state index >= 15 is 0 Å². The van der Waals surface area contributed by atoms with Crippen molar-refractivity contribution < 1.29 is 8.78 Å². The molecule has 0 aliphatic rings. The predicted octanol–water partition coefficient (Wildman–Crippen LogP) is 4.78. The molecule has 2 heterocycles. The van der Waals surface area contributed by atoms with Crippen LogP contribution in [0.4, 0.5) is 14.6 Å². The lowest BCUT2D eigenvalue weighted by Crippen LogP contribution is -2.24. The zero-order chi connectivity index (χ0) is 18.3. The molecule has 0 fully saturated rings. The van der Waals surface area contributed by atoms with E-state index in [4.69, 9.17) is 11.6 Å². The van der Waals surface area contributed by atoms with Gasteiger partial charge in [0.1, 0.15) is 28.9 Å². The first kappa shape index (κ1) is 18.2. The van der Waals surface area contributed by atoms with E-state index in [1.807, 2.05) is 43.4 Å². The highest BCUT2D eigenvalue weighted by Crippen LogP contribution is 2.38. The fourth-order valence-corrected chi connectivity index (χ4v) is 3.14. The molecule has 0 radical (unpaired) electrons. The summed E-state index contributed by atoms with van der Waals surface area (Å²) in [4.78, 5) is 8.12. The van der Waals surface area contributed by atoms with E-state index < -0.39 is 11.6 Å². The number of anilines is 1. The highest BCUT2D eigenvalue weighted by Gasteiger charge is 2.25. The molecule has 1 N–H and O–H groups in total. The smallest absolute Gasteiger partial charge is 0.255 e. The molecular formula is C16H15ClF2IN5. The molecule has 0 spiro atoms. The zero-order valence-corrected chi connectivity index (χ0v) is 16.6. The van der Waals surface area contributed by atoms with Gasteiger partial charge in [0.05, 0.1) is 11.1 Å². The second kappa shape index (κ2) is 6.99. The van der Waals surface area contributed by atoms with Crippen molar-refractivity contribution in [3.63, 3.8) is 0 Å². The van der Waals surface area contributed by atoms with Crippen molar-refractivity contribution in [2.45, 2.75) is 26.8 Å². The SMILES string of the molecule is CC(C)[C@@H](C)Nc1c(-c2c(F)cc(I)cc2F)c(Cl)nc2ncnn12. The molecular weight excluding hydrogens is 463 g/mol. The first-order valence-corrected chi connectivity index (χ1v) is 9.06. The molecule has 2 aromatic heterocycles. The number of fused-ring (bicyclic) bond motifs is 1. The Kier molecular flexibility index (Phi) is 5.10. The number of nitrogens with zero attached hydrogens (tertiary/aromatic N) is 4. The molecule has 1 aromatic carbocycles. The Labute approximate surface area is 162 Å². The van der Waals surface area contributed by atoms with Crippen LogP contribution >= 0.6 is 34.2 Å². The minimum absolute atomic E-state index is 0.000382. The lowest BCUT2D eigenvalue weighted by Gasteiger charge is -2.22. The van der Waals surface area contributed by atoms with Gasteiger partial charge in [-0.1, -0.05) is 25.4 Å². The van der Waals surface area contributed by atoms with Crippen LogP contribution in [0.25, 0.3) is 16.9 Å². The van der Waals surface area contributed by atoms with Gasteiger partial charge in [0.15, 0.2) is 0 Å². The molecule has 9 heteroatoms. The van der Waals surface area contributed by atoms with Crippen LogP contribution in [0, 0.1) is 21.1 Å². The van der Waals surface area contributed by atoms with E-state index in [0.29, 0.717) is 9.39 Å². The quantitative estimate of drug-likeness (QED) is 0.434. The van der Waals surface area contributed by atoms with E-state index in [-0.39, 0.29) is 34.0 Å². The summed E-state index contributed by atoms with van der Waals surface area (Å²) >= 11 is 8.13. The highest BCUT2D eigenvalue weighted by atomic mass is 127. The average molecular weight is 478 g/mol. The van der Waals surface area contributed by atoms with Crippen molar-refractivity contribution >= 4 is 45.8 Å². The Hall–Kier alpha value is -1.55. The summed E-state index contributed by atoms with van der Waals surface area (Å²) in [5, 5.41) is 7.32. The van der Waals surface area contributed by atoms with E-state index in [2.05, 4.69) is 20.4 Å². The fraction of sp³-hybridized carbons (Fsp3) is 0.312. The molecule has 0 unspecified atom stereocenters. The summed E-state index contributed by atoms with van der Waals surface area (Å²) in [5.74, 6) is -0.559. The molecule has 0 amide bonds. The first-order chi connectivity index (χ1) is 11.8. The predicted molar refractivity (Wildman–Crippen MR) is 102 cm³/mol. The van der Waals surface area contributed by atoms with Crippen molar-refractivity contribution in [2.75, 3.05) is 5.32 Å². The van der Waals surface area contributed by atoms with Gasteiger partial charge in [-0.15, -0.1) is 0 Å². The van der Waals surface area contributed by atoms with Gasteiger partial charge in [0, 0.05) is 9.61 Å². The molecule has 3 rings (SSSR count). The third-order valence-corrected chi connectivity index (χ3v) is 4.90. The van der Waals surface area contributed by atoms with Gasteiger partial charge in [0.2, 0.25) is 0 Å². The van der Waals surface area contributed by atoms with Crippen LogP contribution in [0.3, 0.4) is 0 Å². The molecule has 0 saturated carbocycles. The highest BCUT2D eigenvalue weighted by molar-refractivity contribution is 14.1. The van der Waals surface area contributed by atoms with Crippen LogP contribution in [-0.4, -0.2) is 25.6 Å². The number of aromatic nitrogens is 4. The maximum Gasteiger partial charge on any atom is 0.255 e. The number of benzene rings is 1. The van der Waals surface area contributed by atoms with Gasteiger partial charge in [-0.05, 0) is 47.6 Å². The first-order valence-electron chi connectivity index (χ1n) is 7.60. The van der Waals surface area contributed by atoms with Crippen LogP contribution in [-0.2, 0) is 0 Å². The standard InChI is InChI=1S/C16H15ClF2IN5/c1-7(2)8(3)23-15-13(12-10(18)4-9(20)5-11(12)19)14(17)24-16-21-6-22-25(15)16/h4-8,23H,1-3H3/t8-/m1/s1. The van der Waals surface area contributed by atoms with Crippen molar-refractivity contribution in [2.24, 2.45) is 5.92 Å². The van der Waals surface area contributed by atoms with E-state index in [0.717, 1.165) is 0 Å². The van der Waals surface area contributed by atoms with Crippen LogP contribution < -0.4 is 5.32 Å². The van der Waals surface area contributed by atoms with Gasteiger partial charge in [-0.25, -0.2) is 8.78 Å². The minimum Gasteiger partial charge on any atom is -0.367 e. The van der Waals surface area contributed by atoms with Crippen LogP contribution in [0.2, 0.25) is 5.15 Å². The summed E-state index contributed by atoms with van der Waals surface area (Å²) in [5.41, 5.74) is -0.118. The second-order valence-electron chi connectivity index (χ2n) is 6.02. The van der Waals surface area contributed by atoms with Crippen molar-refractivity contribution in [3.8, 4) is 11.1 Å². The molecule has 1 atom stereocenters. The Morgan fingerprint density at radius 2 is 1.80 bits per heavy atom. The minimum atomic E-state index is -0.715. The van der Waals surface area contributed by atoms with Gasteiger partial charge >= 0.3 is 0 Å². The normalized spacial score (nSPS) is 12.8. The van der Waals surface area contributed by atoms with Crippen LogP contribution in [0.15, 0.2) is 18.5 Å². The molecule has 132 valence electrons. The third-order valence-electron chi connectivity index (χ3n) is 4.00. The van der Waals surface area contributed by atoms with Crippen LogP contribution in [0.1, 0.15) is 20.8 Å². The molecule has 5 nitrogen and oxygen atoms in total. The maximum atomic E-state index is 14.6. The van der Waals surface area contributed by atoms with Gasteiger partial charge in [0.25, 0.3) is 5.78 Å². The summed E-state index contributed by atoms with van der Waals surface area (Å²) in [6.45, 7) is 6.03. The Bertz CT molecular complexity index is 921. The zero-order valence-electron chi connectivity index (χ0n) is 13.7. The monoisotopic (exact) mass is 477 g/mol. The summed E-state index contributed by atoms with van der Waals surface area (Å²) in [6, 6.07) is 2.49. The lowest BCUT2D eigenvalue weighted by molar-refractivity contribution is 0.556. The Morgan fingerprint density at radius 3 is 2.40 bits per heavy atom. The molecule has 0 aliphatic heterocycles. The lowest BCUT2D eigenvalue weighted by atomic mass is 10.0. The number of nitrogens with one attached hydrogen (secondary N) is 1. The molecule has 3 aromatic rings. The maximum absolute atomic E-state index is 14.6. The van der Waals surface area contributed by atoms with Gasteiger partial charge < -0.3 is 5.32 Å². The third kappa shape index (κ3) is 3.41. The van der Waals surface area contributed by atoms with E-state index in [9.17, 15) is 8.78 Å². The topological polar surface area (TPSA) is 55.1 Å². The number of hydrogen-bond acceptors (Lipinski definition) is 4. The second-order valence-corrected chi connectivity index (χ2v) is 7.62. The van der Waals surface area contributed by atoms with Crippen LogP contribution in [0.5, 0.6) is 0 Å². The average Bonchev–Trinajstić information content (AvgIpc) is 2.96. The fourth-order valence-electron chi connectivity index (χ4n) is 2.33. The Balaban J connectivity index is 2.32. The largest absolute Gasteiger partial charge is 0.367 e. The van der Waals surface area contributed by atoms with E-state index in [1.54, 1.807) is 0 Å². The summed E-state index contributed by atoms with van der Waals surface area (Å²) in [7, 11) is 0. The summed E-state index contributed by atoms with van der Waals surface area (Å²) < 4.78 is 31.0. The number of hydrogen-bond donors (Lipinski definition) is 1. The van der Waals surface area contributed by atoms with Gasteiger partial charge in [-0.2, -0.15) is 19.6 Å². The summed E-state index contributed by atoms with van der Waals surface area (Å²) in [6.07, 6.45) is 1.31. The van der Waals surface area contributed by atoms with Gasteiger partial charge in [-0.3, -0.25) is 0 Å². The van der Waals surface area contributed by atoms with Crippen molar-refractivity contribution in [3.05, 3.63) is 38.8 Å². The van der Waals surface area contributed by atoms with Crippen molar-refractivity contribution in [1.29, 1.82) is 0 Å². The van der Waals surface area contributed by atoms with E-state index in [1.165, 1.54) is 23.0 Å². The molecule has 0 bridgehead atoms. The van der Waals surface area contributed by atoms with Crippen molar-refractivity contribution in [1.82, 2.24) is 19.6 Å². The number of rotatable bonds is 4. The number of halogens is 4. The molecule has 0 saturated heterocycles. The molecule has 25 heavy (non-hydrogen) atoms.